The minimum Gasteiger partial charge on any atom is -1.00 e. The molecule has 0 aliphatic carbocycles. The van der Waals surface area contributed by atoms with E-state index >= 15 is 0 Å². The Labute approximate surface area is 68.8 Å². The van der Waals surface area contributed by atoms with Crippen molar-refractivity contribution < 1.29 is 59.0 Å². The Hall–Kier alpha value is 1.94. The van der Waals surface area contributed by atoms with Gasteiger partial charge in [-0.2, -0.15) is 0 Å². The van der Waals surface area contributed by atoms with E-state index in [4.69, 9.17) is 0 Å². The maximum absolute atomic E-state index is 0. The van der Waals surface area contributed by atoms with Crippen molar-refractivity contribution in [3.05, 3.63) is 0 Å². The zero-order chi connectivity index (χ0) is 0. The molecule has 0 fully saturated rings. The van der Waals surface area contributed by atoms with Crippen LogP contribution in [0.3, 0.4) is 0 Å². The molecular formula is H2BeCrCuTi. The van der Waals surface area contributed by atoms with Crippen LogP contribution in [0.15, 0.2) is 0 Å². The molecule has 0 saturated carbocycles. The maximum atomic E-state index is 0. The third-order valence-corrected chi connectivity index (χ3v) is 0. The predicted octanol–water partition coefficient (Wildman–Crippen LogP) is -0.163. The molecule has 0 saturated heterocycles. The fraction of sp³-hybridized carbons (Fsp3) is 0. The topological polar surface area (TPSA) is 0 Å². The van der Waals surface area contributed by atoms with Gasteiger partial charge in [-0.15, -0.1) is 0 Å². The van der Waals surface area contributed by atoms with Gasteiger partial charge in [-0.05, 0) is 0 Å². The summed E-state index contributed by atoms with van der Waals surface area (Å²) in [5.41, 5.74) is 0. The molecule has 0 rings (SSSR count). The van der Waals surface area contributed by atoms with Gasteiger partial charge in [0.2, 0.25) is 0 Å². The van der Waals surface area contributed by atoms with Crippen molar-refractivity contribution in [2.24, 2.45) is 0 Å². The smallest absolute Gasteiger partial charge is 1.00 e. The van der Waals surface area contributed by atoms with E-state index < -0.39 is 0 Å². The molecule has 0 aromatic carbocycles. The van der Waals surface area contributed by atoms with E-state index in [-0.39, 0.29) is 69.1 Å². The van der Waals surface area contributed by atoms with E-state index in [2.05, 4.69) is 0 Å². The fourth-order valence-electron chi connectivity index (χ4n) is 0. The molecule has 25 valence electrons. The second kappa shape index (κ2) is 20.4. The Kier molecular flexibility index (Phi) is 197. The van der Waals surface area contributed by atoms with E-state index in [1.165, 1.54) is 0 Å². The van der Waals surface area contributed by atoms with Crippen LogP contribution in [-0.4, -0.2) is 10.1 Å². The predicted molar refractivity (Wildman–Crippen MR) is 7.98 cm³/mol. The van der Waals surface area contributed by atoms with Crippen molar-refractivity contribution in [1.82, 2.24) is 0 Å². The van der Waals surface area contributed by atoms with Crippen LogP contribution >= 0.6 is 0 Å². The molecule has 0 unspecified atom stereocenters. The molecule has 4 heteroatoms. The van der Waals surface area contributed by atoms with Crippen LogP contribution in [0.1, 0.15) is 2.85 Å². The van der Waals surface area contributed by atoms with E-state index in [1.54, 1.807) is 0 Å². The number of hydrogen-bond donors (Lipinski definition) is 0. The van der Waals surface area contributed by atoms with Crippen LogP contribution in [-0.2, 0) is 56.1 Å². The first-order valence-corrected chi connectivity index (χ1v) is 0. The van der Waals surface area contributed by atoms with Crippen LogP contribution in [0.25, 0.3) is 0 Å². The van der Waals surface area contributed by atoms with Gasteiger partial charge in [0.25, 0.3) is 0 Å². The molecule has 0 heterocycles. The summed E-state index contributed by atoms with van der Waals surface area (Å²) in [6.45, 7) is 0. The summed E-state index contributed by atoms with van der Waals surface area (Å²) in [6.07, 6.45) is 0. The first-order valence-electron chi connectivity index (χ1n) is 0. The Bertz CT molecular complexity index is 13.5. The molecule has 0 nitrogen and oxygen atoms in total. The summed E-state index contributed by atoms with van der Waals surface area (Å²) in [7, 11) is 0. The normalized spacial score (nSPS) is 0. The standard InChI is InChI=1S/Be.Cr.Cu.Ti.2H/q+2;;;;2*-1. The minimum atomic E-state index is 0. The average molecular weight is 174 g/mol. The zero-order valence-corrected chi connectivity index (χ0v) is 5.70. The first-order chi connectivity index (χ1) is 0. The quantitative estimate of drug-likeness (QED) is 0.448. The van der Waals surface area contributed by atoms with Gasteiger partial charge >= 0.3 is 10.1 Å². The Morgan fingerprint density at radius 2 is 1.25 bits per heavy atom. The molecule has 0 aliphatic heterocycles. The van der Waals surface area contributed by atoms with Gasteiger partial charge in [-0.25, -0.2) is 0 Å². The van der Waals surface area contributed by atoms with Gasteiger partial charge in [-0.3, -0.25) is 0 Å². The van der Waals surface area contributed by atoms with E-state index in [0.29, 0.717) is 0 Å². The largest absolute Gasteiger partial charge is 2.00 e. The third kappa shape index (κ3) is 9.05. The maximum Gasteiger partial charge on any atom is 2.00 e. The first kappa shape index (κ1) is 38.6. The molecule has 0 aliphatic rings. The van der Waals surface area contributed by atoms with E-state index in [9.17, 15) is 0 Å². The van der Waals surface area contributed by atoms with Crippen molar-refractivity contribution in [3.8, 4) is 0 Å². The molecular weight excluding hydrogens is 172 g/mol. The molecule has 0 N–H and O–H groups in total. The SMILES string of the molecule is [Be+2].[Cr].[Cu].[H-].[H-].[Ti]. The molecule has 0 atom stereocenters. The molecule has 0 amide bonds. The van der Waals surface area contributed by atoms with Gasteiger partial charge in [-0.1, -0.05) is 0 Å². The molecule has 1 radical (unpaired) electrons. The number of hydrogen-bond acceptors (Lipinski definition) is 0. The van der Waals surface area contributed by atoms with Crippen molar-refractivity contribution in [2.75, 3.05) is 0 Å². The third-order valence-electron chi connectivity index (χ3n) is 0. The van der Waals surface area contributed by atoms with Crippen molar-refractivity contribution in [3.63, 3.8) is 0 Å². The van der Waals surface area contributed by atoms with Crippen LogP contribution < -0.4 is 0 Å². The Balaban J connectivity index is 0. The monoisotopic (exact) mass is 174 g/mol. The Morgan fingerprint density at radius 1 is 1.25 bits per heavy atom. The van der Waals surface area contributed by atoms with Crippen molar-refractivity contribution in [1.29, 1.82) is 0 Å². The summed E-state index contributed by atoms with van der Waals surface area (Å²) >= 11 is 0. The summed E-state index contributed by atoms with van der Waals surface area (Å²) in [6, 6.07) is 0. The zero-order valence-electron chi connectivity index (χ0n) is 3.92. The molecule has 0 spiro atoms. The summed E-state index contributed by atoms with van der Waals surface area (Å²) in [4.78, 5) is 0. The van der Waals surface area contributed by atoms with Gasteiger partial charge in [0.15, 0.2) is 0 Å². The molecule has 0 bridgehead atoms. The van der Waals surface area contributed by atoms with E-state index in [0.717, 1.165) is 0 Å². The van der Waals surface area contributed by atoms with Crippen LogP contribution in [0.2, 0.25) is 0 Å². The van der Waals surface area contributed by atoms with Gasteiger partial charge < -0.3 is 2.85 Å². The second-order valence-electron chi connectivity index (χ2n) is 0. The molecule has 0 aromatic rings. The molecule has 4 heavy (non-hydrogen) atoms. The Morgan fingerprint density at radius 3 is 1.25 bits per heavy atom. The summed E-state index contributed by atoms with van der Waals surface area (Å²) in [5.74, 6) is 0. The van der Waals surface area contributed by atoms with Crippen molar-refractivity contribution in [2.45, 2.75) is 0 Å². The number of rotatable bonds is 0. The van der Waals surface area contributed by atoms with Crippen LogP contribution in [0.4, 0.5) is 0 Å². The van der Waals surface area contributed by atoms with Crippen molar-refractivity contribution >= 4 is 10.1 Å². The van der Waals surface area contributed by atoms with Crippen LogP contribution in [0, 0.1) is 0 Å². The van der Waals surface area contributed by atoms with Crippen LogP contribution in [0.5, 0.6) is 0 Å². The summed E-state index contributed by atoms with van der Waals surface area (Å²) < 4.78 is 0. The van der Waals surface area contributed by atoms with Gasteiger partial charge in [0.1, 0.15) is 0 Å². The average Bonchev–Trinajstić information content (AvgIpc) is 0. The van der Waals surface area contributed by atoms with Gasteiger partial charge in [0, 0.05) is 56.1 Å². The second-order valence-corrected chi connectivity index (χ2v) is 0. The molecule has 0 aromatic heterocycles. The van der Waals surface area contributed by atoms with E-state index in [1.807, 2.05) is 0 Å². The fourth-order valence-corrected chi connectivity index (χ4v) is 0. The summed E-state index contributed by atoms with van der Waals surface area (Å²) in [5, 5.41) is 0. The van der Waals surface area contributed by atoms with Gasteiger partial charge in [0.05, 0.1) is 0 Å². The minimum absolute atomic E-state index is 0.